The Hall–Kier alpha value is -3.97. The molecule has 0 atom stereocenters. The Kier molecular flexibility index (Phi) is 10.5. The first-order chi connectivity index (χ1) is 21.3. The fraction of sp³-hybridized carbons (Fsp3) is 0.344. The van der Waals surface area contributed by atoms with Gasteiger partial charge in [0, 0.05) is 25.4 Å². The quantitative estimate of drug-likeness (QED) is 0.117. The van der Waals surface area contributed by atoms with E-state index < -0.39 is 12.3 Å². The number of halogens is 2. The lowest BCUT2D eigenvalue weighted by Crippen LogP contribution is -2.35. The monoisotopic (exact) mass is 623 g/mol. The molecule has 0 radical (unpaired) electrons. The van der Waals surface area contributed by atoms with E-state index in [0.717, 1.165) is 48.1 Å². The predicted octanol–water partition coefficient (Wildman–Crippen LogP) is 6.47. The minimum absolute atomic E-state index is 0.148. The number of thiophene rings is 1. The van der Waals surface area contributed by atoms with Gasteiger partial charge in [0.1, 0.15) is 0 Å². The van der Waals surface area contributed by atoms with Gasteiger partial charge in [-0.05, 0) is 79.8 Å². The molecular weight excluding hydrogens is 588 g/mol. The van der Waals surface area contributed by atoms with Crippen LogP contribution in [-0.4, -0.2) is 53.8 Å². The summed E-state index contributed by atoms with van der Waals surface area (Å²) in [7, 11) is 1.67. The lowest BCUT2D eigenvalue weighted by Gasteiger charge is -2.29. The topological polar surface area (TPSA) is 107 Å². The van der Waals surface area contributed by atoms with Crippen LogP contribution in [-0.2, 0) is 20.8 Å². The summed E-state index contributed by atoms with van der Waals surface area (Å²) in [5, 5.41) is 9.20. The third kappa shape index (κ3) is 7.75. The van der Waals surface area contributed by atoms with Crippen LogP contribution < -0.4 is 16.0 Å². The van der Waals surface area contributed by atoms with Gasteiger partial charge in [0.2, 0.25) is 11.9 Å². The van der Waals surface area contributed by atoms with Crippen LogP contribution in [0.2, 0.25) is 0 Å². The lowest BCUT2D eigenvalue weighted by molar-refractivity contribution is -0.111. The highest BCUT2D eigenvalue weighted by atomic mass is 32.1. The number of imidazole rings is 1. The van der Waals surface area contributed by atoms with E-state index in [-0.39, 0.29) is 27.7 Å². The summed E-state index contributed by atoms with van der Waals surface area (Å²) in [6.07, 6.45) is 2.86. The van der Waals surface area contributed by atoms with Gasteiger partial charge in [-0.25, -0.2) is 13.8 Å². The number of carbonyl (C=O) groups is 2. The molecule has 2 amide bonds. The number of alkyl halides is 2. The van der Waals surface area contributed by atoms with Crippen molar-refractivity contribution in [2.75, 3.05) is 31.0 Å². The molecule has 0 unspecified atom stereocenters. The van der Waals surface area contributed by atoms with Gasteiger partial charge < -0.3 is 20.1 Å². The number of amides is 2. The van der Waals surface area contributed by atoms with E-state index in [2.05, 4.69) is 22.5 Å². The fourth-order valence-electron chi connectivity index (χ4n) is 5.25. The lowest BCUT2D eigenvalue weighted by atomic mass is 9.93. The van der Waals surface area contributed by atoms with Crippen LogP contribution in [0.3, 0.4) is 0 Å². The molecule has 4 aromatic rings. The minimum atomic E-state index is -2.66. The largest absolute Gasteiger partial charge is 0.382 e. The third-order valence-corrected chi connectivity index (χ3v) is 8.57. The zero-order valence-corrected chi connectivity index (χ0v) is 25.2. The Morgan fingerprint density at radius 1 is 1.09 bits per heavy atom. The predicted molar refractivity (Wildman–Crippen MR) is 168 cm³/mol. The second-order valence-electron chi connectivity index (χ2n) is 10.5. The minimum Gasteiger partial charge on any atom is -0.382 e. The van der Waals surface area contributed by atoms with Crippen LogP contribution in [0.1, 0.15) is 52.2 Å². The molecule has 3 N–H and O–H groups in total. The zero-order valence-electron chi connectivity index (χ0n) is 24.4. The van der Waals surface area contributed by atoms with E-state index in [1.165, 1.54) is 18.2 Å². The van der Waals surface area contributed by atoms with Gasteiger partial charge in [0.15, 0.2) is 0 Å². The maximum Gasteiger partial charge on any atom is 0.272 e. The first-order valence-electron chi connectivity index (χ1n) is 14.4. The van der Waals surface area contributed by atoms with Crippen molar-refractivity contribution in [3.63, 3.8) is 0 Å². The average Bonchev–Trinajstić information content (AvgIpc) is 3.66. The molecule has 232 valence electrons. The van der Waals surface area contributed by atoms with Crippen LogP contribution >= 0.6 is 11.3 Å². The Balaban J connectivity index is 1.37. The summed E-state index contributed by atoms with van der Waals surface area (Å²) in [4.78, 5) is 29.7. The van der Waals surface area contributed by atoms with E-state index in [9.17, 15) is 18.4 Å². The number of nitrogens with one attached hydrogen (secondary N) is 3. The average molecular weight is 624 g/mol. The SMILES string of the molecule is C=CC(=O)Nc1cccc(-n2c(NC(=O)c3ccc(C(F)F)s3)nc3cc(CN[C@H]4CC[C@H](OCCOC)CC4)ccc32)c1. The number of methoxy groups -OCH3 is 1. The van der Waals surface area contributed by atoms with Gasteiger partial charge in [-0.1, -0.05) is 18.7 Å². The van der Waals surface area contributed by atoms with Gasteiger partial charge in [0.25, 0.3) is 12.3 Å². The van der Waals surface area contributed by atoms with Gasteiger partial charge in [-0.15, -0.1) is 11.3 Å². The summed E-state index contributed by atoms with van der Waals surface area (Å²) in [6, 6.07) is 16.0. The number of rotatable bonds is 13. The smallest absolute Gasteiger partial charge is 0.272 e. The van der Waals surface area contributed by atoms with Crippen molar-refractivity contribution < 1.29 is 27.8 Å². The Morgan fingerprint density at radius 3 is 2.64 bits per heavy atom. The summed E-state index contributed by atoms with van der Waals surface area (Å²) < 4.78 is 39.0. The number of nitrogens with zero attached hydrogens (tertiary/aromatic N) is 2. The molecule has 1 aliphatic rings. The van der Waals surface area contributed by atoms with Gasteiger partial charge in [-0.3, -0.25) is 19.5 Å². The molecule has 0 spiro atoms. The van der Waals surface area contributed by atoms with E-state index in [4.69, 9.17) is 14.5 Å². The van der Waals surface area contributed by atoms with Crippen LogP contribution in [0.5, 0.6) is 0 Å². The molecule has 9 nitrogen and oxygen atoms in total. The molecule has 44 heavy (non-hydrogen) atoms. The summed E-state index contributed by atoms with van der Waals surface area (Å²) in [5.74, 6) is -0.678. The Labute approximate surface area is 258 Å². The first-order valence-corrected chi connectivity index (χ1v) is 15.2. The van der Waals surface area contributed by atoms with Gasteiger partial charge >= 0.3 is 0 Å². The maximum atomic E-state index is 13.2. The molecule has 0 aliphatic heterocycles. The van der Waals surface area contributed by atoms with Gasteiger partial charge in [0.05, 0.1) is 45.8 Å². The molecule has 5 rings (SSSR count). The molecule has 1 saturated carbocycles. The van der Waals surface area contributed by atoms with E-state index in [1.807, 2.05) is 24.3 Å². The molecule has 2 aromatic heterocycles. The van der Waals surface area contributed by atoms with E-state index in [0.29, 0.717) is 42.7 Å². The number of hydrogen-bond acceptors (Lipinski definition) is 7. The molecule has 1 fully saturated rings. The Bertz CT molecular complexity index is 1610. The van der Waals surface area contributed by atoms with Crippen molar-refractivity contribution in [1.29, 1.82) is 0 Å². The van der Waals surface area contributed by atoms with Crippen LogP contribution in [0.4, 0.5) is 20.4 Å². The number of carbonyl (C=O) groups excluding carboxylic acids is 2. The standard InChI is InChI=1S/C32H35F2N5O4S/c1-3-29(40)36-22-5-4-6-23(18-22)39-26-12-7-20(19-35-21-8-10-24(11-9-21)43-16-15-42-2)17-25(26)37-32(39)38-31(41)28-14-13-27(44-28)30(33)34/h3-7,12-14,17-18,21,24,30,35H,1,8-11,15-16,19H2,2H3,(H,36,40)(H,37,38,41)/t21-,24-. The second-order valence-corrected chi connectivity index (χ2v) is 11.6. The summed E-state index contributed by atoms with van der Waals surface area (Å²) in [6.45, 7) is 5.37. The van der Waals surface area contributed by atoms with Crippen LogP contribution in [0.25, 0.3) is 16.7 Å². The molecule has 0 bridgehead atoms. The molecule has 0 saturated heterocycles. The Morgan fingerprint density at radius 2 is 1.91 bits per heavy atom. The van der Waals surface area contributed by atoms with Crippen molar-refractivity contribution in [2.24, 2.45) is 0 Å². The first kappa shape index (κ1) is 31.5. The van der Waals surface area contributed by atoms with Crippen molar-refractivity contribution in [3.8, 4) is 5.69 Å². The van der Waals surface area contributed by atoms with Crippen molar-refractivity contribution in [2.45, 2.75) is 50.8 Å². The molecule has 2 heterocycles. The van der Waals surface area contributed by atoms with Crippen LogP contribution in [0, 0.1) is 0 Å². The van der Waals surface area contributed by atoms with E-state index >= 15 is 0 Å². The second kappa shape index (κ2) is 14.7. The fourth-order valence-corrected chi connectivity index (χ4v) is 6.01. The number of benzene rings is 2. The highest BCUT2D eigenvalue weighted by molar-refractivity contribution is 7.14. The highest BCUT2D eigenvalue weighted by Gasteiger charge is 2.22. The van der Waals surface area contributed by atoms with E-state index in [1.54, 1.807) is 29.9 Å². The summed E-state index contributed by atoms with van der Waals surface area (Å²) in [5.41, 5.74) is 3.58. The van der Waals surface area contributed by atoms with Crippen molar-refractivity contribution in [3.05, 3.63) is 82.6 Å². The number of ether oxygens (including phenoxy) is 2. The normalized spacial score (nSPS) is 16.7. The number of aromatic nitrogens is 2. The number of fused-ring (bicyclic) bond motifs is 1. The van der Waals surface area contributed by atoms with Gasteiger partial charge in [-0.2, -0.15) is 0 Å². The third-order valence-electron chi connectivity index (χ3n) is 7.48. The molecular formula is C32H35F2N5O4S. The number of anilines is 2. The zero-order chi connectivity index (χ0) is 31.1. The van der Waals surface area contributed by atoms with Crippen molar-refractivity contribution >= 4 is 45.8 Å². The molecule has 12 heteroatoms. The number of hydrogen-bond donors (Lipinski definition) is 3. The molecule has 1 aliphatic carbocycles. The summed E-state index contributed by atoms with van der Waals surface area (Å²) >= 11 is 0.738. The van der Waals surface area contributed by atoms with Crippen molar-refractivity contribution in [1.82, 2.24) is 14.9 Å². The van der Waals surface area contributed by atoms with Crippen LogP contribution in [0.15, 0.2) is 67.3 Å². The highest BCUT2D eigenvalue weighted by Crippen LogP contribution is 2.30. The maximum absolute atomic E-state index is 13.2. The molecule has 2 aromatic carbocycles.